The highest BCUT2D eigenvalue weighted by molar-refractivity contribution is 6.26. The minimum Gasteiger partial charge on any atom is -0.411 e. The maximum absolute atomic E-state index is 5.41. The van der Waals surface area contributed by atoms with Gasteiger partial charge in [-0.3, -0.25) is 0 Å². The molecule has 1 saturated heterocycles. The summed E-state index contributed by atoms with van der Waals surface area (Å²) < 4.78 is 5.41. The smallest absolute Gasteiger partial charge is 0.411 e. The lowest BCUT2D eigenvalue weighted by Gasteiger charge is -2.10. The molecule has 1 aliphatic heterocycles. The van der Waals surface area contributed by atoms with E-state index in [1.165, 1.54) is 11.3 Å². The van der Waals surface area contributed by atoms with Gasteiger partial charge in [-0.25, -0.2) is 0 Å². The molecule has 12 heavy (non-hydrogen) atoms. The molecule has 59 valence electrons. The first kappa shape index (κ1) is 6.55. The second kappa shape index (κ2) is 2.27. The molecule has 2 aliphatic carbocycles. The molecule has 0 amide bonds. The fourth-order valence-electron chi connectivity index (χ4n) is 2.09. The van der Waals surface area contributed by atoms with Crippen molar-refractivity contribution in [3.63, 3.8) is 0 Å². The molecule has 0 spiro atoms. The van der Waals surface area contributed by atoms with Gasteiger partial charge in [0.25, 0.3) is 0 Å². The molecule has 3 heteroatoms. The van der Waals surface area contributed by atoms with Gasteiger partial charge >= 0.3 is 7.62 Å². The van der Waals surface area contributed by atoms with Crippen LogP contribution in [0.3, 0.4) is 0 Å². The third kappa shape index (κ3) is 0.744. The highest BCUT2D eigenvalue weighted by atomic mass is 16.5. The first-order chi connectivity index (χ1) is 5.95. The van der Waals surface area contributed by atoms with Crippen molar-refractivity contribution in [2.24, 2.45) is 5.92 Å². The quantitative estimate of drug-likeness (QED) is 0.529. The van der Waals surface area contributed by atoms with Crippen LogP contribution in [0.2, 0.25) is 0 Å². The molecule has 1 N–H and O–H groups in total. The van der Waals surface area contributed by atoms with Gasteiger partial charge in [-0.1, -0.05) is 24.3 Å². The zero-order chi connectivity index (χ0) is 7.97. The van der Waals surface area contributed by atoms with E-state index >= 15 is 0 Å². The van der Waals surface area contributed by atoms with Crippen molar-refractivity contribution in [1.29, 1.82) is 0 Å². The molecule has 1 heterocycles. The average molecular weight is 158 g/mol. The van der Waals surface area contributed by atoms with Gasteiger partial charge in [0.2, 0.25) is 0 Å². The summed E-state index contributed by atoms with van der Waals surface area (Å²) in [6, 6.07) is 0. The second-order valence-corrected chi connectivity index (χ2v) is 3.34. The lowest BCUT2D eigenvalue weighted by Crippen LogP contribution is -2.11. The van der Waals surface area contributed by atoms with E-state index in [4.69, 9.17) is 4.65 Å². The SMILES string of the molecule is [B]1NC2=C3C=CC=CC3CC2O1. The number of hydrogen-bond acceptors (Lipinski definition) is 2. The van der Waals surface area contributed by atoms with Gasteiger partial charge in [0.15, 0.2) is 0 Å². The Bertz CT molecular complexity index is 306. The second-order valence-electron chi connectivity index (χ2n) is 3.34. The Morgan fingerprint density at radius 1 is 1.50 bits per heavy atom. The van der Waals surface area contributed by atoms with Crippen molar-refractivity contribution < 1.29 is 4.65 Å². The standard InChI is InChI=1S/C9H9BNO/c1-2-4-7-6(3-1)5-8-9(7)11-10-12-8/h1-4,6,8,11H,5H2. The lowest BCUT2D eigenvalue weighted by atomic mass is 9.96. The fraction of sp³-hybridized carbons (Fsp3) is 0.333. The Labute approximate surface area is 72.3 Å². The van der Waals surface area contributed by atoms with Gasteiger partial charge in [0.1, 0.15) is 0 Å². The minimum atomic E-state index is 0.289. The monoisotopic (exact) mass is 158 g/mol. The van der Waals surface area contributed by atoms with Gasteiger partial charge in [-0.15, -0.1) is 0 Å². The number of fused-ring (bicyclic) bond motifs is 2. The molecule has 2 nitrogen and oxygen atoms in total. The van der Waals surface area contributed by atoms with E-state index in [1.54, 1.807) is 7.62 Å². The van der Waals surface area contributed by atoms with Crippen LogP contribution in [0.4, 0.5) is 0 Å². The summed E-state index contributed by atoms with van der Waals surface area (Å²) in [6.07, 6.45) is 9.99. The average Bonchev–Trinajstić information content (AvgIpc) is 2.62. The van der Waals surface area contributed by atoms with Gasteiger partial charge in [0.05, 0.1) is 6.10 Å². The van der Waals surface area contributed by atoms with Crippen molar-refractivity contribution in [2.75, 3.05) is 0 Å². The van der Waals surface area contributed by atoms with Gasteiger partial charge < -0.3 is 9.88 Å². The predicted molar refractivity (Wildman–Crippen MR) is 47.2 cm³/mol. The van der Waals surface area contributed by atoms with E-state index < -0.39 is 0 Å². The van der Waals surface area contributed by atoms with Crippen LogP contribution < -0.4 is 5.23 Å². The molecular formula is C9H9BNO. The Kier molecular flexibility index (Phi) is 1.24. The molecule has 2 unspecified atom stereocenters. The molecular weight excluding hydrogens is 149 g/mol. The first-order valence-corrected chi connectivity index (χ1v) is 4.28. The van der Waals surface area contributed by atoms with E-state index in [2.05, 4.69) is 29.5 Å². The Hall–Kier alpha value is -0.955. The highest BCUT2D eigenvalue weighted by Gasteiger charge is 2.35. The first-order valence-electron chi connectivity index (χ1n) is 4.28. The van der Waals surface area contributed by atoms with Crippen molar-refractivity contribution in [1.82, 2.24) is 5.23 Å². The molecule has 3 aliphatic rings. The molecule has 0 bridgehead atoms. The van der Waals surface area contributed by atoms with Crippen LogP contribution in [0.1, 0.15) is 6.42 Å². The molecule has 0 aromatic rings. The summed E-state index contributed by atoms with van der Waals surface area (Å²) in [5, 5.41) is 3.16. The van der Waals surface area contributed by atoms with Crippen molar-refractivity contribution >= 4 is 7.62 Å². The van der Waals surface area contributed by atoms with Gasteiger partial charge in [0, 0.05) is 11.6 Å². The van der Waals surface area contributed by atoms with Crippen molar-refractivity contribution in [3.05, 3.63) is 35.6 Å². The third-order valence-corrected chi connectivity index (χ3v) is 2.68. The molecule has 2 atom stereocenters. The summed E-state index contributed by atoms with van der Waals surface area (Å²) >= 11 is 0. The van der Waals surface area contributed by atoms with E-state index in [1.807, 2.05) is 0 Å². The number of rotatable bonds is 0. The van der Waals surface area contributed by atoms with Crippen LogP contribution in [0, 0.1) is 5.92 Å². The molecule has 0 aromatic carbocycles. The maximum Gasteiger partial charge on any atom is 0.436 e. The van der Waals surface area contributed by atoms with E-state index in [9.17, 15) is 0 Å². The van der Waals surface area contributed by atoms with E-state index in [-0.39, 0.29) is 6.10 Å². The number of nitrogens with one attached hydrogen (secondary N) is 1. The summed E-state index contributed by atoms with van der Waals surface area (Å²) in [5.41, 5.74) is 2.66. The van der Waals surface area contributed by atoms with Crippen molar-refractivity contribution in [3.8, 4) is 0 Å². The molecule has 3 rings (SSSR count). The van der Waals surface area contributed by atoms with Crippen molar-refractivity contribution in [2.45, 2.75) is 12.5 Å². The zero-order valence-electron chi connectivity index (χ0n) is 6.66. The van der Waals surface area contributed by atoms with Gasteiger partial charge in [-0.05, 0) is 12.0 Å². The summed E-state index contributed by atoms with van der Waals surface area (Å²) in [5.74, 6) is 0.580. The zero-order valence-corrected chi connectivity index (χ0v) is 6.66. The molecule has 0 saturated carbocycles. The van der Waals surface area contributed by atoms with Gasteiger partial charge in [-0.2, -0.15) is 0 Å². The molecule has 1 radical (unpaired) electrons. The lowest BCUT2D eigenvalue weighted by molar-refractivity contribution is 0.265. The number of hydrogen-bond donors (Lipinski definition) is 1. The van der Waals surface area contributed by atoms with Crippen LogP contribution in [0.25, 0.3) is 0 Å². The van der Waals surface area contributed by atoms with Crippen LogP contribution >= 0.6 is 0 Å². The molecule has 0 aromatic heterocycles. The summed E-state index contributed by atoms with van der Waals surface area (Å²) in [6.45, 7) is 0. The minimum absolute atomic E-state index is 0.289. The Morgan fingerprint density at radius 3 is 3.50 bits per heavy atom. The highest BCUT2D eigenvalue weighted by Crippen LogP contribution is 2.37. The van der Waals surface area contributed by atoms with Crippen LogP contribution in [0.5, 0.6) is 0 Å². The fourth-order valence-corrected chi connectivity index (χ4v) is 2.09. The van der Waals surface area contributed by atoms with E-state index in [0.717, 1.165) is 6.42 Å². The third-order valence-electron chi connectivity index (χ3n) is 2.68. The normalized spacial score (nSPS) is 36.0. The summed E-state index contributed by atoms with van der Waals surface area (Å²) in [7, 11) is 1.69. The largest absolute Gasteiger partial charge is 0.436 e. The maximum atomic E-state index is 5.41. The van der Waals surface area contributed by atoms with Crippen LogP contribution in [0.15, 0.2) is 35.6 Å². The van der Waals surface area contributed by atoms with Crippen LogP contribution in [-0.2, 0) is 4.65 Å². The number of allylic oxidation sites excluding steroid dienone is 5. The topological polar surface area (TPSA) is 21.3 Å². The van der Waals surface area contributed by atoms with E-state index in [0.29, 0.717) is 5.92 Å². The predicted octanol–water partition coefficient (Wildman–Crippen LogP) is 0.909. The summed E-state index contributed by atoms with van der Waals surface area (Å²) in [4.78, 5) is 0. The van der Waals surface area contributed by atoms with Crippen LogP contribution in [-0.4, -0.2) is 13.7 Å². The molecule has 1 fully saturated rings. The Morgan fingerprint density at radius 2 is 2.50 bits per heavy atom. The Balaban J connectivity index is 2.06.